The van der Waals surface area contributed by atoms with Crippen molar-refractivity contribution in [3.05, 3.63) is 24.3 Å². The number of ether oxygens (including phenoxy) is 1. The van der Waals surface area contributed by atoms with Gasteiger partial charge in [0.25, 0.3) is 0 Å². The maximum absolute atomic E-state index is 6.37. The molecule has 0 aromatic heterocycles. The molecular weight excluding hydrogens is 260 g/mol. The Labute approximate surface area is 128 Å². The summed E-state index contributed by atoms with van der Waals surface area (Å²) in [7, 11) is 0. The molecule has 3 nitrogen and oxygen atoms in total. The van der Waals surface area contributed by atoms with Crippen molar-refractivity contribution in [3.8, 4) is 5.75 Å². The Bertz CT molecular complexity index is 441. The minimum atomic E-state index is 0.296. The van der Waals surface area contributed by atoms with E-state index < -0.39 is 0 Å². The van der Waals surface area contributed by atoms with Gasteiger partial charge in [0.2, 0.25) is 0 Å². The molecule has 1 heterocycles. The van der Waals surface area contributed by atoms with Crippen molar-refractivity contribution in [2.24, 2.45) is 5.73 Å². The summed E-state index contributed by atoms with van der Waals surface area (Å²) < 4.78 is 6.37. The third kappa shape index (κ3) is 3.91. The van der Waals surface area contributed by atoms with E-state index in [2.05, 4.69) is 29.2 Å². The van der Waals surface area contributed by atoms with Gasteiger partial charge in [-0.25, -0.2) is 0 Å². The monoisotopic (exact) mass is 288 g/mol. The van der Waals surface area contributed by atoms with E-state index in [0.717, 1.165) is 25.3 Å². The molecule has 2 fully saturated rings. The molecule has 116 valence electrons. The van der Waals surface area contributed by atoms with Gasteiger partial charge in [-0.1, -0.05) is 25.0 Å². The number of rotatable bonds is 3. The average Bonchev–Trinajstić information content (AvgIpc) is 2.76. The highest BCUT2D eigenvalue weighted by Gasteiger charge is 2.21. The summed E-state index contributed by atoms with van der Waals surface area (Å²) >= 11 is 0. The lowest BCUT2D eigenvalue weighted by atomic mass is 10.1. The van der Waals surface area contributed by atoms with Gasteiger partial charge >= 0.3 is 0 Å². The fourth-order valence-corrected chi connectivity index (χ4v) is 3.59. The first-order valence-corrected chi connectivity index (χ1v) is 8.59. The molecule has 3 rings (SSSR count). The van der Waals surface area contributed by atoms with Crippen molar-refractivity contribution in [2.75, 3.05) is 18.0 Å². The zero-order valence-electron chi connectivity index (χ0n) is 13.0. The molecule has 1 aliphatic carbocycles. The van der Waals surface area contributed by atoms with Gasteiger partial charge in [-0.15, -0.1) is 0 Å². The lowest BCUT2D eigenvalue weighted by Gasteiger charge is -2.34. The molecular formula is C18H28N2O. The standard InChI is InChI=1S/C18H28N2O/c19-15-8-7-13-20(14-15)17-11-5-6-12-18(17)21-16-9-3-1-2-4-10-16/h5-6,11-12,15-16H,1-4,7-10,13-14,19H2. The van der Waals surface area contributed by atoms with E-state index in [0.29, 0.717) is 12.1 Å². The SMILES string of the molecule is NC1CCCN(c2ccccc2OC2CCCCCC2)C1. The summed E-state index contributed by atoms with van der Waals surface area (Å²) in [5.74, 6) is 1.05. The average molecular weight is 288 g/mol. The lowest BCUT2D eigenvalue weighted by molar-refractivity contribution is 0.184. The van der Waals surface area contributed by atoms with Gasteiger partial charge in [-0.05, 0) is 50.7 Å². The molecule has 21 heavy (non-hydrogen) atoms. The Morgan fingerprint density at radius 1 is 0.952 bits per heavy atom. The van der Waals surface area contributed by atoms with Gasteiger partial charge in [0.05, 0.1) is 11.8 Å². The highest BCUT2D eigenvalue weighted by atomic mass is 16.5. The van der Waals surface area contributed by atoms with Gasteiger partial charge < -0.3 is 15.4 Å². The van der Waals surface area contributed by atoms with Crippen LogP contribution in [0.15, 0.2) is 24.3 Å². The zero-order chi connectivity index (χ0) is 14.5. The molecule has 1 saturated heterocycles. The maximum atomic E-state index is 6.37. The molecule has 2 aliphatic rings. The van der Waals surface area contributed by atoms with Crippen molar-refractivity contribution in [1.29, 1.82) is 0 Å². The van der Waals surface area contributed by atoms with Crippen LogP contribution in [0.25, 0.3) is 0 Å². The van der Waals surface area contributed by atoms with Crippen molar-refractivity contribution in [1.82, 2.24) is 0 Å². The van der Waals surface area contributed by atoms with Crippen LogP contribution in [0.1, 0.15) is 51.4 Å². The molecule has 2 N–H and O–H groups in total. The number of para-hydroxylation sites is 2. The van der Waals surface area contributed by atoms with Gasteiger partial charge in [0.15, 0.2) is 0 Å². The lowest BCUT2D eigenvalue weighted by Crippen LogP contribution is -2.43. The summed E-state index contributed by atoms with van der Waals surface area (Å²) in [5, 5.41) is 0. The number of hydrogen-bond acceptors (Lipinski definition) is 3. The number of hydrogen-bond donors (Lipinski definition) is 1. The van der Waals surface area contributed by atoms with E-state index in [1.54, 1.807) is 0 Å². The Kier molecular flexibility index (Phi) is 5.02. The number of nitrogens with zero attached hydrogens (tertiary/aromatic N) is 1. The minimum absolute atomic E-state index is 0.296. The zero-order valence-corrected chi connectivity index (χ0v) is 13.0. The van der Waals surface area contributed by atoms with E-state index in [-0.39, 0.29) is 0 Å². The van der Waals surface area contributed by atoms with Crippen molar-refractivity contribution in [3.63, 3.8) is 0 Å². The third-order valence-corrected chi connectivity index (χ3v) is 4.76. The summed E-state index contributed by atoms with van der Waals surface area (Å²) in [6.07, 6.45) is 10.5. The first-order chi connectivity index (χ1) is 10.3. The molecule has 0 spiro atoms. The van der Waals surface area contributed by atoms with Crippen LogP contribution >= 0.6 is 0 Å². The van der Waals surface area contributed by atoms with E-state index >= 15 is 0 Å². The molecule has 3 heteroatoms. The minimum Gasteiger partial charge on any atom is -0.488 e. The Morgan fingerprint density at radius 2 is 1.71 bits per heavy atom. The van der Waals surface area contributed by atoms with Crippen LogP contribution in [-0.2, 0) is 0 Å². The normalized spacial score (nSPS) is 24.6. The fourth-order valence-electron chi connectivity index (χ4n) is 3.59. The van der Waals surface area contributed by atoms with Crippen molar-refractivity contribution in [2.45, 2.75) is 63.5 Å². The summed E-state index contributed by atoms with van der Waals surface area (Å²) in [6, 6.07) is 8.80. The molecule has 1 aromatic rings. The van der Waals surface area contributed by atoms with Crippen LogP contribution in [0.5, 0.6) is 5.75 Å². The Morgan fingerprint density at radius 3 is 2.48 bits per heavy atom. The van der Waals surface area contributed by atoms with Crippen LogP contribution in [0.2, 0.25) is 0 Å². The van der Waals surface area contributed by atoms with Gasteiger partial charge in [0.1, 0.15) is 5.75 Å². The number of piperidine rings is 1. The second kappa shape index (κ2) is 7.17. The van der Waals surface area contributed by atoms with Crippen LogP contribution in [0.4, 0.5) is 5.69 Å². The van der Waals surface area contributed by atoms with Crippen molar-refractivity contribution >= 4 is 5.69 Å². The first kappa shape index (κ1) is 14.7. The van der Waals surface area contributed by atoms with E-state index in [9.17, 15) is 0 Å². The quantitative estimate of drug-likeness (QED) is 0.862. The smallest absolute Gasteiger partial charge is 0.143 e. The van der Waals surface area contributed by atoms with Gasteiger partial charge in [0, 0.05) is 19.1 Å². The molecule has 0 amide bonds. The van der Waals surface area contributed by atoms with Gasteiger partial charge in [-0.2, -0.15) is 0 Å². The topological polar surface area (TPSA) is 38.5 Å². The van der Waals surface area contributed by atoms with E-state index in [1.807, 2.05) is 0 Å². The summed E-state index contributed by atoms with van der Waals surface area (Å²) in [5.41, 5.74) is 7.37. The van der Waals surface area contributed by atoms with Crippen LogP contribution in [-0.4, -0.2) is 25.2 Å². The molecule has 1 aliphatic heterocycles. The van der Waals surface area contributed by atoms with Gasteiger partial charge in [-0.3, -0.25) is 0 Å². The van der Waals surface area contributed by atoms with Crippen LogP contribution < -0.4 is 15.4 Å². The van der Waals surface area contributed by atoms with E-state index in [1.165, 1.54) is 50.6 Å². The molecule has 1 atom stereocenters. The maximum Gasteiger partial charge on any atom is 0.143 e. The second-order valence-corrected chi connectivity index (χ2v) is 6.55. The van der Waals surface area contributed by atoms with Crippen LogP contribution in [0, 0.1) is 0 Å². The summed E-state index contributed by atoms with van der Waals surface area (Å²) in [6.45, 7) is 2.05. The Hall–Kier alpha value is -1.22. The second-order valence-electron chi connectivity index (χ2n) is 6.55. The number of anilines is 1. The predicted molar refractivity (Wildman–Crippen MR) is 88.0 cm³/mol. The predicted octanol–water partition coefficient (Wildman–Crippen LogP) is 3.72. The molecule has 1 saturated carbocycles. The fraction of sp³-hybridized carbons (Fsp3) is 0.667. The van der Waals surface area contributed by atoms with E-state index in [4.69, 9.17) is 10.5 Å². The van der Waals surface area contributed by atoms with Crippen molar-refractivity contribution < 1.29 is 4.74 Å². The Balaban J connectivity index is 1.72. The summed E-state index contributed by atoms with van der Waals surface area (Å²) in [4.78, 5) is 2.40. The van der Waals surface area contributed by atoms with Crippen LogP contribution in [0.3, 0.4) is 0 Å². The molecule has 1 unspecified atom stereocenters. The third-order valence-electron chi connectivity index (χ3n) is 4.76. The molecule has 0 radical (unpaired) electrons. The first-order valence-electron chi connectivity index (χ1n) is 8.59. The molecule has 0 bridgehead atoms. The number of nitrogens with two attached hydrogens (primary N) is 1. The number of benzene rings is 1. The highest BCUT2D eigenvalue weighted by Crippen LogP contribution is 2.32. The highest BCUT2D eigenvalue weighted by molar-refractivity contribution is 5.58. The molecule has 1 aromatic carbocycles. The largest absolute Gasteiger partial charge is 0.488 e.